The lowest BCUT2D eigenvalue weighted by molar-refractivity contribution is -0.127. The summed E-state index contributed by atoms with van der Waals surface area (Å²) in [5.74, 6) is 1.75. The molecule has 0 aromatic heterocycles. The van der Waals surface area contributed by atoms with Gasteiger partial charge in [-0.05, 0) is 30.7 Å². The van der Waals surface area contributed by atoms with Gasteiger partial charge in [-0.1, -0.05) is 56.2 Å². The van der Waals surface area contributed by atoms with Crippen molar-refractivity contribution >= 4 is 28.4 Å². The van der Waals surface area contributed by atoms with Crippen LogP contribution in [0.15, 0.2) is 42.5 Å². The fourth-order valence-corrected chi connectivity index (χ4v) is 4.56. The molecule has 2 aromatic rings. The summed E-state index contributed by atoms with van der Waals surface area (Å²) < 4.78 is 6.05. The molecule has 1 aliphatic rings. The molecule has 4 heteroatoms. The Hall–Kier alpha value is -1.68. The summed E-state index contributed by atoms with van der Waals surface area (Å²) in [4.78, 5) is 12.5. The summed E-state index contributed by atoms with van der Waals surface area (Å²) in [6.45, 7) is 2.71. The monoisotopic (exact) mass is 357 g/mol. The molecule has 1 atom stereocenters. The Morgan fingerprint density at radius 1 is 1.20 bits per heavy atom. The molecule has 1 unspecified atom stereocenters. The van der Waals surface area contributed by atoms with E-state index in [4.69, 9.17) is 4.74 Å². The van der Waals surface area contributed by atoms with E-state index in [0.29, 0.717) is 6.42 Å². The smallest absolute Gasteiger partial charge is 0.261 e. The highest BCUT2D eigenvalue weighted by molar-refractivity contribution is 7.99. The Kier molecular flexibility index (Phi) is 6.62. The number of ether oxygens (including phenoxy) is 1. The van der Waals surface area contributed by atoms with Crippen molar-refractivity contribution in [2.45, 2.75) is 50.4 Å². The number of nitrogens with one attached hydrogen (secondary N) is 1. The Morgan fingerprint density at radius 2 is 1.96 bits per heavy atom. The molecule has 1 amide bonds. The zero-order chi connectivity index (χ0) is 17.5. The van der Waals surface area contributed by atoms with Crippen molar-refractivity contribution < 1.29 is 9.53 Å². The molecule has 25 heavy (non-hydrogen) atoms. The predicted octanol–water partition coefficient (Wildman–Crippen LogP) is 4.79. The first-order valence-corrected chi connectivity index (χ1v) is 10.4. The second-order valence-corrected chi connectivity index (χ2v) is 7.97. The maximum Gasteiger partial charge on any atom is 0.261 e. The van der Waals surface area contributed by atoms with Gasteiger partial charge in [0.05, 0.1) is 0 Å². The number of amides is 1. The van der Waals surface area contributed by atoms with Crippen LogP contribution >= 0.6 is 11.8 Å². The van der Waals surface area contributed by atoms with Crippen LogP contribution in [0.1, 0.15) is 39.0 Å². The molecule has 0 aliphatic heterocycles. The maximum absolute atomic E-state index is 12.5. The Bertz CT molecular complexity index is 692. The van der Waals surface area contributed by atoms with Crippen LogP contribution < -0.4 is 10.1 Å². The van der Waals surface area contributed by atoms with Gasteiger partial charge >= 0.3 is 0 Å². The van der Waals surface area contributed by atoms with Crippen LogP contribution in [0.2, 0.25) is 0 Å². The number of hydrogen-bond acceptors (Lipinski definition) is 3. The molecule has 1 aliphatic carbocycles. The third-order valence-electron chi connectivity index (χ3n) is 4.74. The second-order valence-electron chi connectivity index (χ2n) is 6.56. The van der Waals surface area contributed by atoms with Gasteiger partial charge in [-0.25, -0.2) is 0 Å². The van der Waals surface area contributed by atoms with Crippen molar-refractivity contribution in [2.75, 3.05) is 12.3 Å². The van der Waals surface area contributed by atoms with Gasteiger partial charge in [-0.15, -0.1) is 0 Å². The molecule has 3 nitrogen and oxygen atoms in total. The minimum absolute atomic E-state index is 0.0116. The lowest BCUT2D eigenvalue weighted by Crippen LogP contribution is -2.39. The molecule has 1 fully saturated rings. The summed E-state index contributed by atoms with van der Waals surface area (Å²) in [5.41, 5.74) is 0. The van der Waals surface area contributed by atoms with Crippen LogP contribution in [0.3, 0.4) is 0 Å². The number of carbonyl (C=O) groups excluding carboxylic acids is 1. The molecule has 1 N–H and O–H groups in total. The SMILES string of the molecule is CCC(Oc1cccc2ccccc12)C(=O)NCCSC1CCCC1. The zero-order valence-corrected chi connectivity index (χ0v) is 15.7. The van der Waals surface area contributed by atoms with Crippen molar-refractivity contribution in [3.8, 4) is 5.75 Å². The molecular formula is C21H27NO2S. The molecule has 0 spiro atoms. The number of thioether (sulfide) groups is 1. The number of rotatable bonds is 8. The molecule has 134 valence electrons. The van der Waals surface area contributed by atoms with Gasteiger partial charge < -0.3 is 10.1 Å². The van der Waals surface area contributed by atoms with Gasteiger partial charge in [-0.2, -0.15) is 11.8 Å². The van der Waals surface area contributed by atoms with Gasteiger partial charge in [0.25, 0.3) is 5.91 Å². The van der Waals surface area contributed by atoms with E-state index in [-0.39, 0.29) is 5.91 Å². The third kappa shape index (κ3) is 4.91. The molecule has 0 saturated heterocycles. The normalized spacial score (nSPS) is 16.0. The molecule has 2 aromatic carbocycles. The first-order valence-electron chi connectivity index (χ1n) is 9.31. The molecule has 0 bridgehead atoms. The Labute approximate surface area is 154 Å². The highest BCUT2D eigenvalue weighted by Gasteiger charge is 2.19. The first kappa shape index (κ1) is 18.1. The minimum Gasteiger partial charge on any atom is -0.480 e. The Balaban J connectivity index is 1.53. The fourth-order valence-electron chi connectivity index (χ4n) is 3.34. The fraction of sp³-hybridized carbons (Fsp3) is 0.476. The van der Waals surface area contributed by atoms with Gasteiger partial charge in [0.15, 0.2) is 6.10 Å². The molecular weight excluding hydrogens is 330 g/mol. The molecule has 0 radical (unpaired) electrons. The van der Waals surface area contributed by atoms with Gasteiger partial charge in [-0.3, -0.25) is 4.79 Å². The molecule has 3 rings (SSSR count). The van der Waals surface area contributed by atoms with Crippen LogP contribution in [0.25, 0.3) is 10.8 Å². The highest BCUT2D eigenvalue weighted by Crippen LogP contribution is 2.29. The minimum atomic E-state index is -0.442. The average Bonchev–Trinajstić information content (AvgIpc) is 3.16. The summed E-state index contributed by atoms with van der Waals surface area (Å²) in [7, 11) is 0. The summed E-state index contributed by atoms with van der Waals surface area (Å²) in [6, 6.07) is 14.1. The van der Waals surface area contributed by atoms with Crippen molar-refractivity contribution in [3.63, 3.8) is 0 Å². The van der Waals surface area contributed by atoms with E-state index < -0.39 is 6.10 Å². The van der Waals surface area contributed by atoms with Crippen LogP contribution in [-0.4, -0.2) is 29.6 Å². The van der Waals surface area contributed by atoms with E-state index in [9.17, 15) is 4.79 Å². The van der Waals surface area contributed by atoms with Crippen molar-refractivity contribution in [3.05, 3.63) is 42.5 Å². The summed E-state index contributed by atoms with van der Waals surface area (Å²) in [5, 5.41) is 6.02. The van der Waals surface area contributed by atoms with Crippen molar-refractivity contribution in [2.24, 2.45) is 0 Å². The van der Waals surface area contributed by atoms with Crippen LogP contribution in [0.5, 0.6) is 5.75 Å². The quantitative estimate of drug-likeness (QED) is 0.690. The van der Waals surface area contributed by atoms with Crippen LogP contribution in [0.4, 0.5) is 0 Å². The number of benzene rings is 2. The largest absolute Gasteiger partial charge is 0.480 e. The van der Waals surface area contributed by atoms with E-state index >= 15 is 0 Å². The average molecular weight is 358 g/mol. The van der Waals surface area contributed by atoms with Crippen molar-refractivity contribution in [1.29, 1.82) is 0 Å². The van der Waals surface area contributed by atoms with E-state index in [1.807, 2.05) is 49.0 Å². The Morgan fingerprint density at radius 3 is 2.76 bits per heavy atom. The van der Waals surface area contributed by atoms with Gasteiger partial charge in [0.2, 0.25) is 0 Å². The predicted molar refractivity (Wildman–Crippen MR) is 106 cm³/mol. The zero-order valence-electron chi connectivity index (χ0n) is 14.9. The third-order valence-corrected chi connectivity index (χ3v) is 6.12. The van der Waals surface area contributed by atoms with Crippen LogP contribution in [0, 0.1) is 0 Å². The highest BCUT2D eigenvalue weighted by atomic mass is 32.2. The van der Waals surface area contributed by atoms with E-state index in [1.165, 1.54) is 25.7 Å². The number of fused-ring (bicyclic) bond motifs is 1. The molecule has 1 saturated carbocycles. The lowest BCUT2D eigenvalue weighted by atomic mass is 10.1. The lowest BCUT2D eigenvalue weighted by Gasteiger charge is -2.19. The number of hydrogen-bond donors (Lipinski definition) is 1. The van der Waals surface area contributed by atoms with Gasteiger partial charge in [0, 0.05) is 22.9 Å². The van der Waals surface area contributed by atoms with Crippen molar-refractivity contribution in [1.82, 2.24) is 5.32 Å². The first-order chi connectivity index (χ1) is 12.3. The number of carbonyl (C=O) groups is 1. The van der Waals surface area contributed by atoms with Gasteiger partial charge in [0.1, 0.15) is 5.75 Å². The van der Waals surface area contributed by atoms with E-state index in [0.717, 1.165) is 34.1 Å². The summed E-state index contributed by atoms with van der Waals surface area (Å²) in [6.07, 6.45) is 5.61. The van der Waals surface area contributed by atoms with E-state index in [2.05, 4.69) is 17.4 Å². The van der Waals surface area contributed by atoms with Crippen LogP contribution in [-0.2, 0) is 4.79 Å². The molecule has 0 heterocycles. The van der Waals surface area contributed by atoms with E-state index in [1.54, 1.807) is 0 Å². The standard InChI is InChI=1S/C21H27NO2S/c1-2-19(21(23)22-14-15-25-17-10-4-5-11-17)24-20-13-7-9-16-8-3-6-12-18(16)20/h3,6-9,12-13,17,19H,2,4-5,10-11,14-15H2,1H3,(H,22,23). The topological polar surface area (TPSA) is 38.3 Å². The second kappa shape index (κ2) is 9.14. The summed E-state index contributed by atoms with van der Waals surface area (Å²) >= 11 is 2.00. The maximum atomic E-state index is 12.5.